The van der Waals surface area contributed by atoms with Gasteiger partial charge in [0.1, 0.15) is 9.84 Å². The van der Waals surface area contributed by atoms with Crippen LogP contribution in [0.4, 0.5) is 0 Å². The lowest BCUT2D eigenvalue weighted by molar-refractivity contribution is 0.594. The molecule has 0 amide bonds. The lowest BCUT2D eigenvalue weighted by Crippen LogP contribution is -2.08. The number of hydrogen-bond acceptors (Lipinski definition) is 2. The lowest BCUT2D eigenvalue weighted by atomic mass is 10.1. The fraction of sp³-hybridized carbons (Fsp3) is 0.800. The van der Waals surface area contributed by atoms with Crippen molar-refractivity contribution in [2.45, 2.75) is 33.1 Å². The standard InChI is InChI=1S/C10H19ClO2S/c1-3-14(12,13)9-5-7-10(2)6-4-8-11/h6H,3-5,7-9H2,1-2H3. The Hall–Kier alpha value is -0.0200. The van der Waals surface area contributed by atoms with Gasteiger partial charge in [-0.1, -0.05) is 18.6 Å². The molecule has 84 valence electrons. The van der Waals surface area contributed by atoms with Gasteiger partial charge in [0.15, 0.2) is 0 Å². The molecule has 0 atom stereocenters. The van der Waals surface area contributed by atoms with Crippen molar-refractivity contribution < 1.29 is 8.42 Å². The van der Waals surface area contributed by atoms with Crippen LogP contribution < -0.4 is 0 Å². The van der Waals surface area contributed by atoms with Crippen molar-refractivity contribution in [2.75, 3.05) is 17.4 Å². The quantitative estimate of drug-likeness (QED) is 0.505. The van der Waals surface area contributed by atoms with Crippen molar-refractivity contribution in [1.82, 2.24) is 0 Å². The molecule has 0 saturated heterocycles. The third kappa shape index (κ3) is 7.39. The van der Waals surface area contributed by atoms with Gasteiger partial charge >= 0.3 is 0 Å². The predicted molar refractivity (Wildman–Crippen MR) is 62.7 cm³/mol. The molecule has 0 rings (SSSR count). The summed E-state index contributed by atoms with van der Waals surface area (Å²) in [5.41, 5.74) is 1.23. The molecule has 4 heteroatoms. The fourth-order valence-electron chi connectivity index (χ4n) is 1.12. The smallest absolute Gasteiger partial charge is 0.150 e. The van der Waals surface area contributed by atoms with E-state index in [-0.39, 0.29) is 5.75 Å². The Morgan fingerprint density at radius 1 is 1.43 bits per heavy atom. The van der Waals surface area contributed by atoms with Crippen LogP contribution in [0.5, 0.6) is 0 Å². The van der Waals surface area contributed by atoms with E-state index in [2.05, 4.69) is 6.08 Å². The van der Waals surface area contributed by atoms with Crippen LogP contribution in [0, 0.1) is 0 Å². The van der Waals surface area contributed by atoms with Crippen LogP contribution in [0.15, 0.2) is 11.6 Å². The summed E-state index contributed by atoms with van der Waals surface area (Å²) in [6, 6.07) is 0. The van der Waals surface area contributed by atoms with Gasteiger partial charge in [-0.2, -0.15) is 0 Å². The molecule has 0 saturated carbocycles. The highest BCUT2D eigenvalue weighted by Crippen LogP contribution is 2.07. The van der Waals surface area contributed by atoms with Gasteiger partial charge in [-0.05, 0) is 26.2 Å². The van der Waals surface area contributed by atoms with Crippen molar-refractivity contribution in [3.8, 4) is 0 Å². The van der Waals surface area contributed by atoms with E-state index in [1.165, 1.54) is 5.57 Å². The Labute approximate surface area is 92.3 Å². The van der Waals surface area contributed by atoms with Crippen LogP contribution in [0.25, 0.3) is 0 Å². The maximum atomic E-state index is 11.2. The van der Waals surface area contributed by atoms with Gasteiger partial charge < -0.3 is 0 Å². The van der Waals surface area contributed by atoms with Crippen LogP contribution in [0.2, 0.25) is 0 Å². The summed E-state index contributed by atoms with van der Waals surface area (Å²) < 4.78 is 22.3. The number of halogens is 1. The zero-order chi connectivity index (χ0) is 11.0. The Morgan fingerprint density at radius 3 is 2.57 bits per heavy atom. The fourth-order valence-corrected chi connectivity index (χ4v) is 2.10. The van der Waals surface area contributed by atoms with E-state index in [9.17, 15) is 8.42 Å². The molecule has 0 aliphatic carbocycles. The molecule has 0 bridgehead atoms. The van der Waals surface area contributed by atoms with E-state index in [1.807, 2.05) is 6.92 Å². The first-order valence-electron chi connectivity index (χ1n) is 4.94. The summed E-state index contributed by atoms with van der Waals surface area (Å²) in [6.07, 6.45) is 4.52. The van der Waals surface area contributed by atoms with Crippen molar-refractivity contribution in [1.29, 1.82) is 0 Å². The van der Waals surface area contributed by atoms with Crippen molar-refractivity contribution in [2.24, 2.45) is 0 Å². The van der Waals surface area contributed by atoms with Crippen LogP contribution in [-0.4, -0.2) is 25.8 Å². The Kier molecular flexibility index (Phi) is 7.28. The van der Waals surface area contributed by atoms with Gasteiger partial charge in [0.2, 0.25) is 0 Å². The summed E-state index contributed by atoms with van der Waals surface area (Å²) >= 11 is 5.53. The average Bonchev–Trinajstić information content (AvgIpc) is 2.14. The van der Waals surface area contributed by atoms with E-state index >= 15 is 0 Å². The minimum Gasteiger partial charge on any atom is -0.229 e. The zero-order valence-electron chi connectivity index (χ0n) is 8.92. The van der Waals surface area contributed by atoms with Crippen LogP contribution in [0.3, 0.4) is 0 Å². The van der Waals surface area contributed by atoms with Crippen molar-refractivity contribution in [3.05, 3.63) is 11.6 Å². The lowest BCUT2D eigenvalue weighted by Gasteiger charge is -2.01. The molecule has 0 N–H and O–H groups in total. The molecule has 0 aromatic heterocycles. The van der Waals surface area contributed by atoms with E-state index in [0.717, 1.165) is 19.3 Å². The summed E-state index contributed by atoms with van der Waals surface area (Å²) in [6.45, 7) is 3.70. The zero-order valence-corrected chi connectivity index (χ0v) is 10.5. The van der Waals surface area contributed by atoms with E-state index in [0.29, 0.717) is 11.6 Å². The highest BCUT2D eigenvalue weighted by molar-refractivity contribution is 7.91. The Bertz CT molecular complexity index is 268. The predicted octanol–water partition coefficient (Wildman–Crippen LogP) is 2.78. The van der Waals surface area contributed by atoms with E-state index in [1.54, 1.807) is 6.92 Å². The minimum atomic E-state index is -2.79. The first-order valence-corrected chi connectivity index (χ1v) is 7.29. The van der Waals surface area contributed by atoms with Crippen molar-refractivity contribution >= 4 is 21.4 Å². The Morgan fingerprint density at radius 2 is 2.07 bits per heavy atom. The summed E-state index contributed by atoms with van der Waals surface area (Å²) in [4.78, 5) is 0. The molecular formula is C10H19ClO2S. The number of alkyl halides is 1. The highest BCUT2D eigenvalue weighted by atomic mass is 35.5. The SMILES string of the molecule is CCS(=O)(=O)CCCC(C)=CCCCl. The number of allylic oxidation sites excluding steroid dienone is 2. The Balaban J connectivity index is 3.74. The number of rotatable bonds is 7. The topological polar surface area (TPSA) is 34.1 Å². The van der Waals surface area contributed by atoms with Gasteiger partial charge in [0, 0.05) is 11.6 Å². The molecule has 0 unspecified atom stereocenters. The third-order valence-corrected chi connectivity index (χ3v) is 4.08. The van der Waals surface area contributed by atoms with E-state index < -0.39 is 9.84 Å². The molecule has 0 aliphatic heterocycles. The molecule has 0 fully saturated rings. The third-order valence-electron chi connectivity index (χ3n) is 2.07. The maximum Gasteiger partial charge on any atom is 0.150 e. The van der Waals surface area contributed by atoms with E-state index in [4.69, 9.17) is 11.6 Å². The van der Waals surface area contributed by atoms with Gasteiger partial charge in [-0.25, -0.2) is 8.42 Å². The first kappa shape index (κ1) is 14.0. The van der Waals surface area contributed by atoms with Gasteiger partial charge in [0.05, 0.1) is 5.75 Å². The molecule has 0 aliphatic rings. The van der Waals surface area contributed by atoms with Gasteiger partial charge in [-0.3, -0.25) is 0 Å². The maximum absolute atomic E-state index is 11.2. The van der Waals surface area contributed by atoms with Gasteiger partial charge in [0.25, 0.3) is 0 Å². The van der Waals surface area contributed by atoms with Crippen LogP contribution >= 0.6 is 11.6 Å². The highest BCUT2D eigenvalue weighted by Gasteiger charge is 2.06. The normalized spacial score (nSPS) is 13.2. The van der Waals surface area contributed by atoms with Crippen LogP contribution in [0.1, 0.15) is 33.1 Å². The second-order valence-electron chi connectivity index (χ2n) is 3.37. The van der Waals surface area contributed by atoms with Crippen LogP contribution in [-0.2, 0) is 9.84 Å². The molecule has 2 nitrogen and oxygen atoms in total. The number of hydrogen-bond donors (Lipinski definition) is 0. The second-order valence-corrected chi connectivity index (χ2v) is 6.22. The molecule has 0 aromatic rings. The van der Waals surface area contributed by atoms with Gasteiger partial charge in [-0.15, -0.1) is 11.6 Å². The average molecular weight is 239 g/mol. The van der Waals surface area contributed by atoms with Crippen molar-refractivity contribution in [3.63, 3.8) is 0 Å². The summed E-state index contributed by atoms with van der Waals surface area (Å²) in [5.74, 6) is 1.18. The molecule has 14 heavy (non-hydrogen) atoms. The molecular weight excluding hydrogens is 220 g/mol. The number of sulfone groups is 1. The largest absolute Gasteiger partial charge is 0.229 e. The molecule has 0 spiro atoms. The molecule has 0 aromatic carbocycles. The molecule has 0 heterocycles. The molecule has 0 radical (unpaired) electrons. The minimum absolute atomic E-state index is 0.247. The summed E-state index contributed by atoms with van der Waals surface area (Å²) in [7, 11) is -2.79. The first-order chi connectivity index (χ1) is 6.52. The monoisotopic (exact) mass is 238 g/mol. The summed E-state index contributed by atoms with van der Waals surface area (Å²) in [5, 5.41) is 0. The second kappa shape index (κ2) is 7.30.